The Labute approximate surface area is 259 Å². The van der Waals surface area contributed by atoms with Gasteiger partial charge in [0.2, 0.25) is 0 Å². The van der Waals surface area contributed by atoms with Crippen LogP contribution >= 0.6 is 0 Å². The Bertz CT molecular complexity index is 1990. The molecule has 0 heterocycles. The van der Waals surface area contributed by atoms with E-state index >= 15 is 0 Å². The van der Waals surface area contributed by atoms with Crippen molar-refractivity contribution in [2.75, 3.05) is 5.73 Å². The fourth-order valence-electron chi connectivity index (χ4n) is 4.16. The number of aliphatic hydroxyl groups excluding tert-OH is 1. The largest absolute Gasteiger partial charge is 0.505 e. The van der Waals surface area contributed by atoms with Gasteiger partial charge in [-0.25, -0.2) is 0 Å². The van der Waals surface area contributed by atoms with Gasteiger partial charge in [-0.2, -0.15) is 32.2 Å². The number of carbonyl (C=O) groups is 1. The number of allylic oxidation sites excluding steroid dienone is 9. The number of rotatable bonds is 9. The molecule has 2 aromatic carbocycles. The lowest BCUT2D eigenvalue weighted by molar-refractivity contribution is 0.0966. The smallest absolute Gasteiger partial charge is 0.294 e. The van der Waals surface area contributed by atoms with Crippen LogP contribution in [0, 0.1) is 5.92 Å². The maximum atomic E-state index is 12.6. The summed E-state index contributed by atoms with van der Waals surface area (Å²) < 4.78 is 65.8. The van der Waals surface area contributed by atoms with E-state index < -0.39 is 48.4 Å². The summed E-state index contributed by atoms with van der Waals surface area (Å²) >= 11 is 0. The zero-order valence-corrected chi connectivity index (χ0v) is 25.5. The molecule has 16 heteroatoms. The number of azo groups is 2. The summed E-state index contributed by atoms with van der Waals surface area (Å²) in [7, 11) is -9.11. The van der Waals surface area contributed by atoms with Crippen LogP contribution in [0.25, 0.3) is 0 Å². The zero-order valence-electron chi connectivity index (χ0n) is 23.9. The SMILES string of the molecule is C/C(=C\C=C(/C)N=Nc1ccc(S(=O)(=O)O)cc1)N=NC1=C(S(=O)(=O)O)CC2C=C(NC(=O)c3ccc(N)cc3)C=CC2=C1O. The van der Waals surface area contributed by atoms with Crippen molar-refractivity contribution in [2.24, 2.45) is 26.4 Å². The molecule has 14 nitrogen and oxygen atoms in total. The van der Waals surface area contributed by atoms with Gasteiger partial charge in [0.15, 0.2) is 0 Å². The van der Waals surface area contributed by atoms with E-state index in [4.69, 9.17) is 10.3 Å². The molecule has 4 rings (SSSR count). The molecule has 0 aromatic heterocycles. The molecule has 2 aromatic rings. The maximum Gasteiger partial charge on any atom is 0.294 e. The standard InChI is InChI=1S/C29H28N6O8S2/c1-17(32-34-22-9-12-24(13-10-22)44(38,39)40)3-4-18(2)33-35-27-26(45(41,42)43)16-20-15-23(11-14-25(20)28(27)36)31-29(37)19-5-7-21(30)8-6-19/h3-15,20,36H,16,30H2,1-2H3,(H,31,37)(H,38,39,40)(H,41,42,43)/b17-3+,18-4+,34-32?,35-33?. The molecule has 0 aliphatic heterocycles. The summed E-state index contributed by atoms with van der Waals surface area (Å²) in [4.78, 5) is 11.8. The number of amides is 1. The number of nitrogens with two attached hydrogens (primary N) is 1. The highest BCUT2D eigenvalue weighted by Crippen LogP contribution is 2.40. The second-order valence-electron chi connectivity index (χ2n) is 9.88. The van der Waals surface area contributed by atoms with Gasteiger partial charge in [0.05, 0.1) is 22.0 Å². The second kappa shape index (κ2) is 13.3. The Morgan fingerprint density at radius 2 is 1.49 bits per heavy atom. The number of hydrogen-bond acceptors (Lipinski definition) is 11. The predicted octanol–water partition coefficient (Wildman–Crippen LogP) is 5.67. The van der Waals surface area contributed by atoms with Gasteiger partial charge in [-0.05, 0) is 87.0 Å². The molecule has 45 heavy (non-hydrogen) atoms. The number of hydrogen-bond donors (Lipinski definition) is 5. The van der Waals surface area contributed by atoms with Crippen molar-refractivity contribution in [3.63, 3.8) is 0 Å². The lowest BCUT2D eigenvalue weighted by atomic mass is 9.85. The summed E-state index contributed by atoms with van der Waals surface area (Å²) in [6.07, 6.45) is 7.42. The highest BCUT2D eigenvalue weighted by atomic mass is 32.2. The predicted molar refractivity (Wildman–Crippen MR) is 165 cm³/mol. The van der Waals surface area contributed by atoms with E-state index in [1.54, 1.807) is 50.3 Å². The monoisotopic (exact) mass is 652 g/mol. The normalized spacial score (nSPS) is 18.0. The van der Waals surface area contributed by atoms with Crippen molar-refractivity contribution in [2.45, 2.75) is 25.2 Å². The molecule has 2 aliphatic carbocycles. The molecule has 0 saturated carbocycles. The number of fused-ring (bicyclic) bond motifs is 1. The van der Waals surface area contributed by atoms with Crippen molar-refractivity contribution in [3.8, 4) is 0 Å². The van der Waals surface area contributed by atoms with Crippen LogP contribution in [0.2, 0.25) is 0 Å². The first-order valence-corrected chi connectivity index (χ1v) is 16.0. The molecule has 0 saturated heterocycles. The summed E-state index contributed by atoms with van der Waals surface area (Å²) in [5, 5.41) is 29.5. The van der Waals surface area contributed by atoms with Crippen molar-refractivity contribution < 1.29 is 35.8 Å². The fraction of sp³-hybridized carbons (Fsp3) is 0.138. The van der Waals surface area contributed by atoms with E-state index in [-0.39, 0.29) is 17.0 Å². The molecule has 1 unspecified atom stereocenters. The van der Waals surface area contributed by atoms with Crippen molar-refractivity contribution in [1.82, 2.24) is 5.32 Å². The van der Waals surface area contributed by atoms with Gasteiger partial charge in [-0.3, -0.25) is 13.9 Å². The summed E-state index contributed by atoms with van der Waals surface area (Å²) in [5.74, 6) is -1.60. The van der Waals surface area contributed by atoms with Crippen LogP contribution in [-0.2, 0) is 20.2 Å². The molecule has 0 spiro atoms. The molecular formula is C29H28N6O8S2. The molecule has 0 bridgehead atoms. The highest BCUT2D eigenvalue weighted by Gasteiger charge is 2.34. The van der Waals surface area contributed by atoms with E-state index in [1.807, 2.05) is 0 Å². The Morgan fingerprint density at radius 1 is 0.889 bits per heavy atom. The van der Waals surface area contributed by atoms with Crippen molar-refractivity contribution in [1.29, 1.82) is 0 Å². The van der Waals surface area contributed by atoms with Crippen molar-refractivity contribution >= 4 is 37.5 Å². The summed E-state index contributed by atoms with van der Waals surface area (Å²) in [6.45, 7) is 3.18. The number of carbonyl (C=O) groups excluding carboxylic acids is 1. The fourth-order valence-corrected chi connectivity index (χ4v) is 5.42. The lowest BCUT2D eigenvalue weighted by Gasteiger charge is -2.26. The van der Waals surface area contributed by atoms with Crippen molar-refractivity contribution in [3.05, 3.63) is 124 Å². The minimum atomic E-state index is -4.79. The first kappa shape index (κ1) is 32.9. The van der Waals surface area contributed by atoms with E-state index in [9.17, 15) is 31.3 Å². The lowest BCUT2D eigenvalue weighted by Crippen LogP contribution is -2.26. The van der Waals surface area contributed by atoms with E-state index in [0.717, 1.165) is 0 Å². The zero-order chi connectivity index (χ0) is 32.9. The Morgan fingerprint density at radius 3 is 2.07 bits per heavy atom. The van der Waals surface area contributed by atoms with Crippen LogP contribution in [-0.4, -0.2) is 37.0 Å². The van der Waals surface area contributed by atoms with Crippen LogP contribution in [0.1, 0.15) is 30.6 Å². The van der Waals surface area contributed by atoms with Gasteiger partial charge in [0.1, 0.15) is 16.4 Å². The molecule has 0 radical (unpaired) electrons. The average molecular weight is 653 g/mol. The molecule has 6 N–H and O–H groups in total. The third kappa shape index (κ3) is 8.54. The number of aliphatic hydroxyl groups is 1. The topological polar surface area (TPSA) is 234 Å². The summed E-state index contributed by atoms with van der Waals surface area (Å²) in [5.41, 5.74) is 7.83. The van der Waals surface area contributed by atoms with Gasteiger partial charge in [0, 0.05) is 28.4 Å². The summed E-state index contributed by atoms with van der Waals surface area (Å²) in [6, 6.07) is 11.4. The quantitative estimate of drug-likeness (QED) is 0.0969. The molecular weight excluding hydrogens is 624 g/mol. The van der Waals surface area contributed by atoms with Gasteiger partial charge in [-0.15, -0.1) is 5.11 Å². The van der Waals surface area contributed by atoms with Gasteiger partial charge < -0.3 is 16.2 Å². The second-order valence-corrected chi connectivity index (χ2v) is 12.7. The Hall–Kier alpha value is -5.03. The van der Waals surface area contributed by atoms with Gasteiger partial charge >= 0.3 is 0 Å². The number of nitrogen functional groups attached to an aromatic ring is 1. The average Bonchev–Trinajstić information content (AvgIpc) is 2.98. The maximum absolute atomic E-state index is 12.6. The molecule has 2 aliphatic rings. The molecule has 1 amide bonds. The van der Waals surface area contributed by atoms with Crippen LogP contribution in [0.5, 0.6) is 0 Å². The molecule has 1 atom stereocenters. The first-order chi connectivity index (χ1) is 21.1. The minimum Gasteiger partial charge on any atom is -0.505 e. The number of nitrogens with one attached hydrogen (secondary N) is 1. The van der Waals surface area contributed by atoms with E-state index in [0.29, 0.717) is 33.9 Å². The third-order valence-electron chi connectivity index (χ3n) is 6.46. The van der Waals surface area contributed by atoms with Crippen LogP contribution in [0.3, 0.4) is 0 Å². The van der Waals surface area contributed by atoms with Crippen LogP contribution in [0.15, 0.2) is 143 Å². The van der Waals surface area contributed by atoms with Crippen LogP contribution < -0.4 is 11.1 Å². The van der Waals surface area contributed by atoms with Crippen LogP contribution in [0.4, 0.5) is 11.4 Å². The number of benzene rings is 2. The number of nitrogens with zero attached hydrogens (tertiary/aromatic N) is 4. The number of anilines is 1. The minimum absolute atomic E-state index is 0.245. The Balaban J connectivity index is 1.50. The van der Waals surface area contributed by atoms with E-state index in [1.165, 1.54) is 42.5 Å². The molecule has 234 valence electrons. The Kier molecular flexibility index (Phi) is 9.72. The van der Waals surface area contributed by atoms with Gasteiger partial charge in [-0.1, -0.05) is 12.2 Å². The van der Waals surface area contributed by atoms with Gasteiger partial charge in [0.25, 0.3) is 26.1 Å². The first-order valence-electron chi connectivity index (χ1n) is 13.1. The van der Waals surface area contributed by atoms with E-state index in [2.05, 4.69) is 25.8 Å². The highest BCUT2D eigenvalue weighted by molar-refractivity contribution is 7.89. The third-order valence-corrected chi connectivity index (χ3v) is 8.31. The molecule has 0 fully saturated rings.